The van der Waals surface area contributed by atoms with Crippen LogP contribution < -0.4 is 10.1 Å². The number of nitrogens with zero attached hydrogens (tertiary/aromatic N) is 3. The lowest BCUT2D eigenvalue weighted by atomic mass is 10.3. The monoisotopic (exact) mass is 289 g/mol. The van der Waals surface area contributed by atoms with Crippen molar-refractivity contribution >= 4 is 28.5 Å². The van der Waals surface area contributed by atoms with E-state index in [2.05, 4.69) is 25.5 Å². The minimum Gasteiger partial charge on any atom is -0.492 e. The zero-order valence-corrected chi connectivity index (χ0v) is 11.3. The summed E-state index contributed by atoms with van der Waals surface area (Å²) in [5.41, 5.74) is 0.608. The predicted molar refractivity (Wildman–Crippen MR) is 77.1 cm³/mol. The summed E-state index contributed by atoms with van der Waals surface area (Å²) < 4.78 is 5.59. The number of ether oxygens (including phenoxy) is 1. The molecule has 0 radical (unpaired) electrons. The zero-order chi connectivity index (χ0) is 13.8. The number of anilines is 1. The number of aromatic nitrogens is 4. The summed E-state index contributed by atoms with van der Waals surface area (Å²) in [6, 6.07) is 9.64. The molecule has 0 aliphatic rings. The molecule has 102 valence electrons. The highest BCUT2D eigenvalue weighted by atomic mass is 35.5. The highest BCUT2D eigenvalue weighted by Crippen LogP contribution is 2.19. The Bertz CT molecular complexity index is 700. The van der Waals surface area contributed by atoms with Gasteiger partial charge in [0, 0.05) is 0 Å². The molecule has 0 saturated carbocycles. The van der Waals surface area contributed by atoms with Gasteiger partial charge in [0.1, 0.15) is 18.2 Å². The second kappa shape index (κ2) is 5.75. The van der Waals surface area contributed by atoms with E-state index in [0.717, 1.165) is 11.1 Å². The average molecular weight is 290 g/mol. The Balaban J connectivity index is 1.61. The first kappa shape index (κ1) is 12.7. The van der Waals surface area contributed by atoms with Gasteiger partial charge in [-0.2, -0.15) is 15.1 Å². The summed E-state index contributed by atoms with van der Waals surface area (Å²) in [7, 11) is 0. The molecule has 0 unspecified atom stereocenters. The van der Waals surface area contributed by atoms with Gasteiger partial charge >= 0.3 is 0 Å². The third-order valence-corrected chi connectivity index (χ3v) is 2.86. The Morgan fingerprint density at radius 3 is 2.90 bits per heavy atom. The maximum absolute atomic E-state index is 5.85. The van der Waals surface area contributed by atoms with E-state index < -0.39 is 0 Å². The van der Waals surface area contributed by atoms with Crippen molar-refractivity contribution < 1.29 is 4.74 Å². The number of nitrogens with one attached hydrogen (secondary N) is 2. The molecule has 2 aromatic heterocycles. The molecule has 0 atom stereocenters. The van der Waals surface area contributed by atoms with E-state index in [-0.39, 0.29) is 5.28 Å². The van der Waals surface area contributed by atoms with Crippen LogP contribution in [0.4, 0.5) is 5.82 Å². The second-order valence-corrected chi connectivity index (χ2v) is 4.40. The van der Waals surface area contributed by atoms with E-state index in [1.807, 2.05) is 30.3 Å². The lowest BCUT2D eigenvalue weighted by Crippen LogP contribution is -2.12. The minimum absolute atomic E-state index is 0.174. The molecule has 3 aromatic rings. The summed E-state index contributed by atoms with van der Waals surface area (Å²) in [6.45, 7) is 1.12. The number of benzene rings is 1. The van der Waals surface area contributed by atoms with Gasteiger partial charge in [0.15, 0.2) is 5.65 Å². The van der Waals surface area contributed by atoms with Crippen LogP contribution in [0.25, 0.3) is 11.0 Å². The van der Waals surface area contributed by atoms with Crippen LogP contribution in [0.5, 0.6) is 5.75 Å². The van der Waals surface area contributed by atoms with Gasteiger partial charge in [0.25, 0.3) is 0 Å². The molecule has 0 spiro atoms. The quantitative estimate of drug-likeness (QED) is 0.557. The maximum Gasteiger partial charge on any atom is 0.226 e. The number of rotatable bonds is 5. The van der Waals surface area contributed by atoms with Gasteiger partial charge in [-0.15, -0.1) is 0 Å². The third kappa shape index (κ3) is 2.80. The van der Waals surface area contributed by atoms with Crippen LogP contribution >= 0.6 is 11.6 Å². The lowest BCUT2D eigenvalue weighted by Gasteiger charge is -2.08. The number of hydrogen-bond acceptors (Lipinski definition) is 5. The molecule has 0 amide bonds. The number of para-hydroxylation sites is 1. The van der Waals surface area contributed by atoms with Gasteiger partial charge in [-0.3, -0.25) is 5.10 Å². The van der Waals surface area contributed by atoms with Crippen molar-refractivity contribution in [1.29, 1.82) is 0 Å². The number of hydrogen-bond donors (Lipinski definition) is 2. The first-order valence-electron chi connectivity index (χ1n) is 6.11. The highest BCUT2D eigenvalue weighted by Gasteiger charge is 2.07. The Morgan fingerprint density at radius 2 is 2.05 bits per heavy atom. The minimum atomic E-state index is 0.174. The Labute approximate surface area is 120 Å². The molecular weight excluding hydrogens is 278 g/mol. The molecule has 7 heteroatoms. The van der Waals surface area contributed by atoms with Gasteiger partial charge in [0.05, 0.1) is 18.1 Å². The second-order valence-electron chi connectivity index (χ2n) is 4.06. The highest BCUT2D eigenvalue weighted by molar-refractivity contribution is 6.28. The Hall–Kier alpha value is -2.34. The van der Waals surface area contributed by atoms with Crippen molar-refractivity contribution in [3.63, 3.8) is 0 Å². The lowest BCUT2D eigenvalue weighted by molar-refractivity contribution is 0.333. The Morgan fingerprint density at radius 1 is 1.20 bits per heavy atom. The van der Waals surface area contributed by atoms with Crippen molar-refractivity contribution in [2.45, 2.75) is 0 Å². The van der Waals surface area contributed by atoms with Crippen LogP contribution in [0.15, 0.2) is 36.5 Å². The predicted octanol–water partition coefficient (Wildman–Crippen LogP) is 2.50. The van der Waals surface area contributed by atoms with Crippen LogP contribution in [0.3, 0.4) is 0 Å². The number of halogens is 1. The molecular formula is C13H12ClN5O. The van der Waals surface area contributed by atoms with Gasteiger partial charge in [-0.25, -0.2) is 0 Å². The van der Waals surface area contributed by atoms with Crippen LogP contribution in [0.1, 0.15) is 0 Å². The van der Waals surface area contributed by atoms with Crippen LogP contribution in [0, 0.1) is 0 Å². The van der Waals surface area contributed by atoms with Crippen molar-refractivity contribution in [3.05, 3.63) is 41.8 Å². The zero-order valence-electron chi connectivity index (χ0n) is 10.5. The van der Waals surface area contributed by atoms with Crippen molar-refractivity contribution in [2.75, 3.05) is 18.5 Å². The largest absolute Gasteiger partial charge is 0.492 e. The smallest absolute Gasteiger partial charge is 0.226 e. The molecule has 6 nitrogen and oxygen atoms in total. The van der Waals surface area contributed by atoms with E-state index >= 15 is 0 Å². The van der Waals surface area contributed by atoms with E-state index in [4.69, 9.17) is 16.3 Å². The fourth-order valence-electron chi connectivity index (χ4n) is 1.80. The normalized spacial score (nSPS) is 10.7. The molecule has 0 bridgehead atoms. The van der Waals surface area contributed by atoms with Gasteiger partial charge in [0.2, 0.25) is 5.28 Å². The summed E-state index contributed by atoms with van der Waals surface area (Å²) in [5.74, 6) is 1.48. The topological polar surface area (TPSA) is 75.7 Å². The number of fused-ring (bicyclic) bond motifs is 1. The van der Waals surface area contributed by atoms with E-state index in [1.54, 1.807) is 6.20 Å². The van der Waals surface area contributed by atoms with Crippen LogP contribution in [-0.2, 0) is 0 Å². The summed E-state index contributed by atoms with van der Waals surface area (Å²) in [6.07, 6.45) is 1.66. The van der Waals surface area contributed by atoms with Crippen LogP contribution in [-0.4, -0.2) is 33.3 Å². The average Bonchev–Trinajstić information content (AvgIpc) is 2.92. The van der Waals surface area contributed by atoms with Crippen molar-refractivity contribution in [1.82, 2.24) is 20.2 Å². The van der Waals surface area contributed by atoms with E-state index in [0.29, 0.717) is 24.6 Å². The summed E-state index contributed by atoms with van der Waals surface area (Å²) in [4.78, 5) is 8.18. The molecule has 0 fully saturated rings. The maximum atomic E-state index is 5.85. The standard InChI is InChI=1S/C13H12ClN5O/c14-13-17-11(10-8-16-19-12(10)18-13)15-6-7-20-9-4-2-1-3-5-9/h1-5,8H,6-7H2,(H2,15,16,17,18,19). The molecule has 0 saturated heterocycles. The summed E-state index contributed by atoms with van der Waals surface area (Å²) >= 11 is 5.85. The van der Waals surface area contributed by atoms with Crippen molar-refractivity contribution in [3.8, 4) is 5.75 Å². The first-order valence-corrected chi connectivity index (χ1v) is 6.49. The third-order valence-electron chi connectivity index (χ3n) is 2.69. The molecule has 1 aromatic carbocycles. The number of aromatic amines is 1. The van der Waals surface area contributed by atoms with Crippen LogP contribution in [0.2, 0.25) is 5.28 Å². The SMILES string of the molecule is Clc1nc(NCCOc2ccccc2)c2cn[nH]c2n1. The molecule has 0 aliphatic heterocycles. The molecule has 2 heterocycles. The fraction of sp³-hybridized carbons (Fsp3) is 0.154. The van der Waals surface area contributed by atoms with E-state index in [9.17, 15) is 0 Å². The molecule has 0 aliphatic carbocycles. The molecule has 2 N–H and O–H groups in total. The Kier molecular flexibility index (Phi) is 3.64. The first-order chi connectivity index (χ1) is 9.83. The van der Waals surface area contributed by atoms with Crippen molar-refractivity contribution in [2.24, 2.45) is 0 Å². The molecule has 3 rings (SSSR count). The number of H-pyrrole nitrogens is 1. The molecule has 20 heavy (non-hydrogen) atoms. The fourth-order valence-corrected chi connectivity index (χ4v) is 1.97. The van der Waals surface area contributed by atoms with Gasteiger partial charge < -0.3 is 10.1 Å². The van der Waals surface area contributed by atoms with Gasteiger partial charge in [-0.05, 0) is 23.7 Å². The summed E-state index contributed by atoms with van der Waals surface area (Å²) in [5, 5.41) is 10.8. The van der Waals surface area contributed by atoms with Gasteiger partial charge in [-0.1, -0.05) is 18.2 Å². The van der Waals surface area contributed by atoms with E-state index in [1.165, 1.54) is 0 Å².